The van der Waals surface area contributed by atoms with Crippen molar-refractivity contribution in [3.63, 3.8) is 0 Å². The summed E-state index contributed by atoms with van der Waals surface area (Å²) in [5, 5.41) is 9.77. The van der Waals surface area contributed by atoms with Crippen molar-refractivity contribution >= 4 is 22.7 Å². The molecule has 6 nitrogen and oxygen atoms in total. The highest BCUT2D eigenvalue weighted by molar-refractivity contribution is 6.18. The van der Waals surface area contributed by atoms with Gasteiger partial charge in [-0.25, -0.2) is 9.78 Å². The standard InChI is InChI=1S/C14H11N3O3/c1-7-2-3-8-9(5-15-10(8)4-7)13(18)11-12(14(19)20)17-6-16-11/h2-6,15H,1H3,(H,16,17)(H,19,20). The Hall–Kier alpha value is -2.89. The monoisotopic (exact) mass is 269 g/mol. The number of carbonyl (C=O) groups is 2. The van der Waals surface area contributed by atoms with Crippen LogP contribution < -0.4 is 0 Å². The van der Waals surface area contributed by atoms with Crippen molar-refractivity contribution in [2.24, 2.45) is 0 Å². The number of hydrogen-bond acceptors (Lipinski definition) is 3. The van der Waals surface area contributed by atoms with Gasteiger partial charge in [0.15, 0.2) is 5.69 Å². The summed E-state index contributed by atoms with van der Waals surface area (Å²) in [6.45, 7) is 1.96. The van der Waals surface area contributed by atoms with Gasteiger partial charge in [0.05, 0.1) is 6.33 Å². The number of nitrogens with one attached hydrogen (secondary N) is 2. The molecule has 2 heterocycles. The van der Waals surface area contributed by atoms with E-state index >= 15 is 0 Å². The first-order valence-electron chi connectivity index (χ1n) is 5.97. The van der Waals surface area contributed by atoms with E-state index in [1.54, 1.807) is 6.20 Å². The number of carbonyl (C=O) groups excluding carboxylic acids is 1. The molecule has 3 N–H and O–H groups in total. The van der Waals surface area contributed by atoms with Crippen LogP contribution in [-0.2, 0) is 0 Å². The number of imidazole rings is 1. The fourth-order valence-corrected chi connectivity index (χ4v) is 2.18. The van der Waals surface area contributed by atoms with Crippen LogP contribution in [0.3, 0.4) is 0 Å². The van der Waals surface area contributed by atoms with Gasteiger partial charge in [-0.1, -0.05) is 12.1 Å². The van der Waals surface area contributed by atoms with E-state index in [2.05, 4.69) is 15.0 Å². The third kappa shape index (κ3) is 1.78. The summed E-state index contributed by atoms with van der Waals surface area (Å²) in [5.74, 6) is -1.62. The number of nitrogens with zero attached hydrogens (tertiary/aromatic N) is 1. The molecule has 3 rings (SSSR count). The van der Waals surface area contributed by atoms with Gasteiger partial charge in [0.25, 0.3) is 0 Å². The van der Waals surface area contributed by atoms with Gasteiger partial charge in [-0.2, -0.15) is 0 Å². The second-order valence-corrected chi connectivity index (χ2v) is 4.51. The largest absolute Gasteiger partial charge is 0.477 e. The van der Waals surface area contributed by atoms with E-state index in [0.717, 1.165) is 16.5 Å². The molecule has 1 aromatic carbocycles. The molecule has 0 fully saturated rings. The quantitative estimate of drug-likeness (QED) is 0.634. The minimum Gasteiger partial charge on any atom is -0.477 e. The number of aromatic amines is 2. The Morgan fingerprint density at radius 3 is 2.80 bits per heavy atom. The third-order valence-electron chi connectivity index (χ3n) is 3.15. The first-order valence-corrected chi connectivity index (χ1v) is 5.97. The second-order valence-electron chi connectivity index (χ2n) is 4.51. The van der Waals surface area contributed by atoms with Gasteiger partial charge in [0.2, 0.25) is 5.78 Å². The van der Waals surface area contributed by atoms with Gasteiger partial charge in [0.1, 0.15) is 5.69 Å². The molecule has 0 radical (unpaired) electrons. The molecule has 100 valence electrons. The lowest BCUT2D eigenvalue weighted by molar-refractivity contribution is 0.0687. The van der Waals surface area contributed by atoms with Crippen LogP contribution in [0.5, 0.6) is 0 Å². The number of fused-ring (bicyclic) bond motifs is 1. The first-order chi connectivity index (χ1) is 9.58. The first kappa shape index (κ1) is 12.2. The van der Waals surface area contributed by atoms with E-state index in [1.807, 2.05) is 25.1 Å². The Labute approximate surface area is 113 Å². The predicted molar refractivity (Wildman–Crippen MR) is 72.0 cm³/mol. The molecule has 3 aromatic rings. The van der Waals surface area contributed by atoms with Crippen LogP contribution in [0, 0.1) is 6.92 Å². The zero-order valence-electron chi connectivity index (χ0n) is 10.6. The SMILES string of the molecule is Cc1ccc2c(C(=O)c3nc[nH]c3C(=O)O)c[nH]c2c1. The number of carboxylic acids is 1. The predicted octanol–water partition coefficient (Wildman–Crippen LogP) is 2.13. The number of aromatic nitrogens is 3. The summed E-state index contributed by atoms with van der Waals surface area (Å²) in [6, 6.07) is 5.66. The average Bonchev–Trinajstić information content (AvgIpc) is 3.03. The highest BCUT2D eigenvalue weighted by atomic mass is 16.4. The summed E-state index contributed by atoms with van der Waals surface area (Å²) >= 11 is 0. The minimum atomic E-state index is -1.21. The molecule has 0 amide bonds. The molecule has 0 unspecified atom stereocenters. The molecule has 6 heteroatoms. The number of rotatable bonds is 3. The molecule has 20 heavy (non-hydrogen) atoms. The molecule has 0 aliphatic carbocycles. The zero-order chi connectivity index (χ0) is 14.3. The van der Waals surface area contributed by atoms with Crippen LogP contribution in [-0.4, -0.2) is 31.8 Å². The molecule has 0 aliphatic rings. The fourth-order valence-electron chi connectivity index (χ4n) is 2.18. The number of ketones is 1. The average molecular weight is 269 g/mol. The summed E-state index contributed by atoms with van der Waals surface area (Å²) in [5.41, 5.74) is 2.04. The summed E-state index contributed by atoms with van der Waals surface area (Å²) in [4.78, 5) is 32.8. The Kier molecular flexibility index (Phi) is 2.64. The number of aromatic carboxylic acids is 1. The highest BCUT2D eigenvalue weighted by Gasteiger charge is 2.23. The lowest BCUT2D eigenvalue weighted by atomic mass is 10.0. The molecule has 0 bridgehead atoms. The Balaban J connectivity index is 2.13. The van der Waals surface area contributed by atoms with E-state index < -0.39 is 11.8 Å². The van der Waals surface area contributed by atoms with Crippen LogP contribution in [0.15, 0.2) is 30.7 Å². The molecule has 0 aliphatic heterocycles. The van der Waals surface area contributed by atoms with Crippen LogP contribution in [0.1, 0.15) is 32.1 Å². The molecule has 2 aromatic heterocycles. The summed E-state index contributed by atoms with van der Waals surface area (Å²) < 4.78 is 0. The number of H-pyrrole nitrogens is 2. The van der Waals surface area contributed by atoms with Crippen molar-refractivity contribution in [1.82, 2.24) is 15.0 Å². The number of hydrogen-bond donors (Lipinski definition) is 3. The van der Waals surface area contributed by atoms with Crippen LogP contribution in [0.25, 0.3) is 10.9 Å². The van der Waals surface area contributed by atoms with Crippen molar-refractivity contribution in [1.29, 1.82) is 0 Å². The van der Waals surface area contributed by atoms with E-state index in [-0.39, 0.29) is 11.4 Å². The maximum Gasteiger partial charge on any atom is 0.354 e. The van der Waals surface area contributed by atoms with Crippen molar-refractivity contribution in [3.8, 4) is 0 Å². The van der Waals surface area contributed by atoms with Gasteiger partial charge >= 0.3 is 5.97 Å². The molecule has 0 spiro atoms. The molecular weight excluding hydrogens is 258 g/mol. The number of carboxylic acid groups (broad SMARTS) is 1. The maximum absolute atomic E-state index is 12.4. The summed E-state index contributed by atoms with van der Waals surface area (Å²) in [7, 11) is 0. The van der Waals surface area contributed by atoms with Crippen molar-refractivity contribution < 1.29 is 14.7 Å². The summed E-state index contributed by atoms with van der Waals surface area (Å²) in [6.07, 6.45) is 2.78. The van der Waals surface area contributed by atoms with Gasteiger partial charge in [-0.05, 0) is 18.6 Å². The molecule has 0 atom stereocenters. The van der Waals surface area contributed by atoms with E-state index in [0.29, 0.717) is 5.56 Å². The highest BCUT2D eigenvalue weighted by Crippen LogP contribution is 2.22. The van der Waals surface area contributed by atoms with Gasteiger partial charge < -0.3 is 15.1 Å². The topological polar surface area (TPSA) is 98.8 Å². The van der Waals surface area contributed by atoms with E-state index in [4.69, 9.17) is 5.11 Å². The lowest BCUT2D eigenvalue weighted by Gasteiger charge is -1.98. The Morgan fingerprint density at radius 1 is 1.25 bits per heavy atom. The minimum absolute atomic E-state index is 0.0843. The van der Waals surface area contributed by atoms with Crippen LogP contribution in [0.4, 0.5) is 0 Å². The Bertz CT molecular complexity index is 829. The third-order valence-corrected chi connectivity index (χ3v) is 3.15. The molecular formula is C14H11N3O3. The van der Waals surface area contributed by atoms with Crippen molar-refractivity contribution in [2.75, 3.05) is 0 Å². The smallest absolute Gasteiger partial charge is 0.354 e. The lowest BCUT2D eigenvalue weighted by Crippen LogP contribution is -2.09. The maximum atomic E-state index is 12.4. The van der Waals surface area contributed by atoms with E-state index in [9.17, 15) is 9.59 Å². The normalized spacial score (nSPS) is 10.8. The van der Waals surface area contributed by atoms with Crippen molar-refractivity contribution in [3.05, 3.63) is 53.2 Å². The molecule has 0 saturated heterocycles. The van der Waals surface area contributed by atoms with Crippen LogP contribution >= 0.6 is 0 Å². The van der Waals surface area contributed by atoms with Crippen molar-refractivity contribution in [2.45, 2.75) is 6.92 Å². The van der Waals surface area contributed by atoms with Gasteiger partial charge in [-0.3, -0.25) is 4.79 Å². The van der Waals surface area contributed by atoms with Gasteiger partial charge in [-0.15, -0.1) is 0 Å². The number of benzene rings is 1. The molecule has 0 saturated carbocycles. The number of aryl methyl sites for hydroxylation is 1. The van der Waals surface area contributed by atoms with Gasteiger partial charge in [0, 0.05) is 22.7 Å². The Morgan fingerprint density at radius 2 is 2.05 bits per heavy atom. The van der Waals surface area contributed by atoms with Crippen LogP contribution in [0.2, 0.25) is 0 Å². The zero-order valence-corrected chi connectivity index (χ0v) is 10.6. The second kappa shape index (κ2) is 4.34. The fraction of sp³-hybridized carbons (Fsp3) is 0.0714. The van der Waals surface area contributed by atoms with E-state index in [1.165, 1.54) is 6.33 Å².